The van der Waals surface area contributed by atoms with Crippen LogP contribution in [0.15, 0.2) is 30.5 Å². The Labute approximate surface area is 159 Å². The number of piperazine rings is 1. The van der Waals surface area contributed by atoms with Gasteiger partial charge in [-0.15, -0.1) is 0 Å². The summed E-state index contributed by atoms with van der Waals surface area (Å²) in [4.78, 5) is 25.3. The van der Waals surface area contributed by atoms with Crippen molar-refractivity contribution in [3.8, 4) is 11.5 Å². The number of hydrogen-bond donors (Lipinski definition) is 1. The molecule has 0 bridgehead atoms. The zero-order valence-electron chi connectivity index (χ0n) is 15.9. The minimum Gasteiger partial charge on any atom is -0.493 e. The maximum atomic E-state index is 12.6. The largest absolute Gasteiger partial charge is 0.493 e. The van der Waals surface area contributed by atoms with Gasteiger partial charge in [0.25, 0.3) is 5.91 Å². The zero-order chi connectivity index (χ0) is 19.2. The van der Waals surface area contributed by atoms with Crippen LogP contribution in [-0.2, 0) is 6.54 Å². The highest BCUT2D eigenvalue weighted by atomic mass is 16.5. The van der Waals surface area contributed by atoms with Gasteiger partial charge in [-0.25, -0.2) is 9.97 Å². The number of likely N-dealkylation sites (N-methyl/N-ethyl adjacent to an activating group) is 1. The van der Waals surface area contributed by atoms with Crippen molar-refractivity contribution < 1.29 is 14.3 Å². The normalized spacial score (nSPS) is 14.7. The highest BCUT2D eigenvalue weighted by Crippen LogP contribution is 2.27. The molecule has 0 unspecified atom stereocenters. The van der Waals surface area contributed by atoms with Crippen LogP contribution in [0, 0.1) is 0 Å². The number of benzene rings is 1. The number of methoxy groups -OCH3 is 2. The lowest BCUT2D eigenvalue weighted by molar-refractivity contribution is 0.0658. The molecule has 0 aliphatic carbocycles. The molecule has 8 heteroatoms. The molecule has 1 saturated heterocycles. The van der Waals surface area contributed by atoms with Crippen molar-refractivity contribution in [2.75, 3.05) is 52.8 Å². The SMILES string of the molecule is COc1ccc(CNc2nccc(C(=O)N3CCN(C)CC3)n2)cc1OC. The summed E-state index contributed by atoms with van der Waals surface area (Å²) < 4.78 is 10.6. The molecule has 0 radical (unpaired) electrons. The van der Waals surface area contributed by atoms with Gasteiger partial charge in [0.1, 0.15) is 5.69 Å². The number of nitrogens with zero attached hydrogens (tertiary/aromatic N) is 4. The number of carbonyl (C=O) groups excluding carboxylic acids is 1. The lowest BCUT2D eigenvalue weighted by Gasteiger charge is -2.32. The van der Waals surface area contributed by atoms with Crippen molar-refractivity contribution in [1.82, 2.24) is 19.8 Å². The molecule has 1 aromatic heterocycles. The molecule has 8 nitrogen and oxygen atoms in total. The smallest absolute Gasteiger partial charge is 0.272 e. The van der Waals surface area contributed by atoms with Crippen LogP contribution in [0.5, 0.6) is 11.5 Å². The first-order valence-electron chi connectivity index (χ1n) is 8.86. The van der Waals surface area contributed by atoms with Crippen LogP contribution >= 0.6 is 0 Å². The van der Waals surface area contributed by atoms with E-state index in [0.717, 1.165) is 18.7 Å². The topological polar surface area (TPSA) is 79.8 Å². The van der Waals surface area contributed by atoms with Crippen LogP contribution in [-0.4, -0.2) is 73.1 Å². The third-order valence-electron chi connectivity index (χ3n) is 4.56. The summed E-state index contributed by atoms with van der Waals surface area (Å²) >= 11 is 0. The van der Waals surface area contributed by atoms with Gasteiger partial charge < -0.3 is 24.6 Å². The Hall–Kier alpha value is -2.87. The fourth-order valence-electron chi connectivity index (χ4n) is 2.91. The second kappa shape index (κ2) is 8.68. The first-order chi connectivity index (χ1) is 13.1. The second-order valence-electron chi connectivity index (χ2n) is 6.40. The average molecular weight is 371 g/mol. The summed E-state index contributed by atoms with van der Waals surface area (Å²) in [6.07, 6.45) is 1.60. The van der Waals surface area contributed by atoms with Crippen LogP contribution in [0.2, 0.25) is 0 Å². The summed E-state index contributed by atoms with van der Waals surface area (Å²) in [5.41, 5.74) is 1.40. The number of hydrogen-bond acceptors (Lipinski definition) is 7. The summed E-state index contributed by atoms with van der Waals surface area (Å²) in [7, 11) is 5.26. The Bertz CT molecular complexity index is 791. The predicted octanol–water partition coefficient (Wildman–Crippen LogP) is 1.49. The number of anilines is 1. The molecule has 27 heavy (non-hydrogen) atoms. The van der Waals surface area contributed by atoms with Gasteiger partial charge in [0.05, 0.1) is 14.2 Å². The summed E-state index contributed by atoms with van der Waals surface area (Å²) in [6.45, 7) is 3.69. The van der Waals surface area contributed by atoms with Crippen LogP contribution in [0.25, 0.3) is 0 Å². The summed E-state index contributed by atoms with van der Waals surface area (Å²) in [5, 5.41) is 3.16. The molecule has 0 saturated carbocycles. The molecular weight excluding hydrogens is 346 g/mol. The van der Waals surface area contributed by atoms with E-state index >= 15 is 0 Å². The molecule has 1 aliphatic rings. The minimum atomic E-state index is -0.0559. The monoisotopic (exact) mass is 371 g/mol. The molecule has 1 fully saturated rings. The van der Waals surface area contributed by atoms with Crippen molar-refractivity contribution in [1.29, 1.82) is 0 Å². The lowest BCUT2D eigenvalue weighted by Crippen LogP contribution is -2.47. The Morgan fingerprint density at radius 1 is 1.11 bits per heavy atom. The van der Waals surface area contributed by atoms with Crippen molar-refractivity contribution in [2.24, 2.45) is 0 Å². The third-order valence-corrected chi connectivity index (χ3v) is 4.56. The number of ether oxygens (including phenoxy) is 2. The molecule has 144 valence electrons. The quantitative estimate of drug-likeness (QED) is 0.824. The molecule has 3 rings (SSSR count). The fourth-order valence-corrected chi connectivity index (χ4v) is 2.91. The van der Waals surface area contributed by atoms with Crippen molar-refractivity contribution in [3.05, 3.63) is 41.7 Å². The Morgan fingerprint density at radius 3 is 2.56 bits per heavy atom. The lowest BCUT2D eigenvalue weighted by atomic mass is 10.2. The van der Waals surface area contributed by atoms with E-state index in [1.807, 2.05) is 23.1 Å². The van der Waals surface area contributed by atoms with E-state index in [1.54, 1.807) is 26.5 Å². The highest BCUT2D eigenvalue weighted by molar-refractivity contribution is 5.92. The van der Waals surface area contributed by atoms with Gasteiger partial charge >= 0.3 is 0 Å². The first kappa shape index (κ1) is 18.9. The van der Waals surface area contributed by atoms with Gasteiger partial charge in [0.2, 0.25) is 5.95 Å². The zero-order valence-corrected chi connectivity index (χ0v) is 15.9. The summed E-state index contributed by atoms with van der Waals surface area (Å²) in [6, 6.07) is 7.34. The number of nitrogens with one attached hydrogen (secondary N) is 1. The van der Waals surface area contributed by atoms with E-state index in [0.29, 0.717) is 42.8 Å². The maximum Gasteiger partial charge on any atom is 0.272 e. The highest BCUT2D eigenvalue weighted by Gasteiger charge is 2.21. The van der Waals surface area contributed by atoms with E-state index < -0.39 is 0 Å². The van der Waals surface area contributed by atoms with Gasteiger partial charge in [0, 0.05) is 38.9 Å². The molecule has 1 N–H and O–H groups in total. The van der Waals surface area contributed by atoms with Crippen LogP contribution in [0.4, 0.5) is 5.95 Å². The Balaban J connectivity index is 1.65. The van der Waals surface area contributed by atoms with E-state index in [9.17, 15) is 4.79 Å². The van der Waals surface area contributed by atoms with E-state index in [-0.39, 0.29) is 5.91 Å². The summed E-state index contributed by atoms with van der Waals surface area (Å²) in [5.74, 6) is 1.71. The molecule has 1 aromatic carbocycles. The number of rotatable bonds is 6. The van der Waals surface area contributed by atoms with Gasteiger partial charge in [-0.3, -0.25) is 4.79 Å². The van der Waals surface area contributed by atoms with Gasteiger partial charge in [0.15, 0.2) is 11.5 Å². The first-order valence-corrected chi connectivity index (χ1v) is 8.86. The van der Waals surface area contributed by atoms with Crippen LogP contribution in [0.3, 0.4) is 0 Å². The maximum absolute atomic E-state index is 12.6. The van der Waals surface area contributed by atoms with Crippen LogP contribution in [0.1, 0.15) is 16.1 Å². The molecule has 0 atom stereocenters. The second-order valence-corrected chi connectivity index (χ2v) is 6.40. The molecule has 1 aliphatic heterocycles. The fraction of sp³-hybridized carbons (Fsp3) is 0.421. The standard InChI is InChI=1S/C19H25N5O3/c1-23-8-10-24(11-9-23)18(25)15-6-7-20-19(22-15)21-13-14-4-5-16(26-2)17(12-14)27-3/h4-7,12H,8-11,13H2,1-3H3,(H,20,21,22). The van der Waals surface area contributed by atoms with E-state index in [2.05, 4.69) is 27.2 Å². The molecule has 2 heterocycles. The molecule has 2 aromatic rings. The average Bonchev–Trinajstić information content (AvgIpc) is 2.72. The minimum absolute atomic E-state index is 0.0559. The van der Waals surface area contributed by atoms with E-state index in [4.69, 9.17) is 9.47 Å². The van der Waals surface area contributed by atoms with Gasteiger partial charge in [-0.05, 0) is 30.8 Å². The third kappa shape index (κ3) is 4.65. The Kier molecular flexibility index (Phi) is 6.08. The van der Waals surface area contributed by atoms with E-state index in [1.165, 1.54) is 0 Å². The van der Waals surface area contributed by atoms with Crippen molar-refractivity contribution >= 4 is 11.9 Å². The van der Waals surface area contributed by atoms with Crippen molar-refractivity contribution in [3.63, 3.8) is 0 Å². The molecular formula is C19H25N5O3. The van der Waals surface area contributed by atoms with Crippen molar-refractivity contribution in [2.45, 2.75) is 6.54 Å². The number of amides is 1. The van der Waals surface area contributed by atoms with Gasteiger partial charge in [-0.2, -0.15) is 0 Å². The van der Waals surface area contributed by atoms with Crippen LogP contribution < -0.4 is 14.8 Å². The number of carbonyl (C=O) groups is 1. The molecule has 1 amide bonds. The predicted molar refractivity (Wildman–Crippen MR) is 102 cm³/mol. The Morgan fingerprint density at radius 2 is 1.85 bits per heavy atom. The number of aromatic nitrogens is 2. The molecule has 0 spiro atoms. The van der Waals surface area contributed by atoms with Gasteiger partial charge in [-0.1, -0.05) is 6.07 Å².